The number of rotatable bonds is 9. The van der Waals surface area contributed by atoms with Crippen molar-refractivity contribution in [3.63, 3.8) is 0 Å². The molecule has 0 saturated heterocycles. The number of imide groups is 1. The van der Waals surface area contributed by atoms with Gasteiger partial charge in [0.2, 0.25) is 0 Å². The van der Waals surface area contributed by atoms with E-state index in [4.69, 9.17) is 21.1 Å². The van der Waals surface area contributed by atoms with Crippen molar-refractivity contribution >= 4 is 34.7 Å². The number of halogens is 1. The predicted molar refractivity (Wildman–Crippen MR) is 118 cm³/mol. The average Bonchev–Trinajstić information content (AvgIpc) is 2.96. The summed E-state index contributed by atoms with van der Waals surface area (Å²) in [6, 6.07) is 12.5. The van der Waals surface area contributed by atoms with Crippen LogP contribution in [0.3, 0.4) is 0 Å². The SMILES string of the molecule is CCCOc1ccc(C2=C(Nc3ccc(Cl)cc3C)C(=O)N(CCOC)C2=O)cc1. The van der Waals surface area contributed by atoms with Crippen molar-refractivity contribution in [3.05, 3.63) is 64.3 Å². The summed E-state index contributed by atoms with van der Waals surface area (Å²) in [5.74, 6) is -0.0154. The number of carbonyl (C=O) groups excluding carboxylic acids is 2. The second kappa shape index (κ2) is 9.78. The number of carbonyl (C=O) groups is 2. The minimum absolute atomic E-state index is 0.181. The number of aryl methyl sites for hydroxylation is 1. The van der Waals surface area contributed by atoms with E-state index in [9.17, 15) is 9.59 Å². The Bertz CT molecular complexity index is 970. The molecule has 2 aromatic carbocycles. The lowest BCUT2D eigenvalue weighted by molar-refractivity contribution is -0.137. The van der Waals surface area contributed by atoms with Gasteiger partial charge in [-0.1, -0.05) is 30.7 Å². The maximum atomic E-state index is 13.1. The topological polar surface area (TPSA) is 67.9 Å². The second-order valence-corrected chi connectivity index (χ2v) is 7.40. The molecule has 1 aliphatic rings. The van der Waals surface area contributed by atoms with E-state index in [0.29, 0.717) is 28.5 Å². The smallest absolute Gasteiger partial charge is 0.278 e. The van der Waals surface area contributed by atoms with Crippen molar-refractivity contribution in [2.75, 3.05) is 32.2 Å². The molecule has 2 amide bonds. The molecule has 0 radical (unpaired) electrons. The van der Waals surface area contributed by atoms with Crippen molar-refractivity contribution < 1.29 is 19.1 Å². The van der Waals surface area contributed by atoms with Gasteiger partial charge in [0.1, 0.15) is 11.4 Å². The van der Waals surface area contributed by atoms with E-state index in [0.717, 1.165) is 17.7 Å². The molecule has 0 aliphatic carbocycles. The van der Waals surface area contributed by atoms with E-state index in [1.54, 1.807) is 42.5 Å². The Labute approximate surface area is 181 Å². The van der Waals surface area contributed by atoms with Crippen LogP contribution in [0.15, 0.2) is 48.2 Å². The lowest BCUT2D eigenvalue weighted by Gasteiger charge is -2.15. The molecule has 2 aromatic rings. The minimum atomic E-state index is -0.382. The fourth-order valence-corrected chi connectivity index (χ4v) is 3.41. The Kier molecular flexibility index (Phi) is 7.13. The molecule has 0 unspecified atom stereocenters. The van der Waals surface area contributed by atoms with E-state index >= 15 is 0 Å². The average molecular weight is 429 g/mol. The highest BCUT2D eigenvalue weighted by Gasteiger charge is 2.39. The molecular formula is C23H25ClN2O4. The van der Waals surface area contributed by atoms with Crippen LogP contribution >= 0.6 is 11.6 Å². The monoisotopic (exact) mass is 428 g/mol. The van der Waals surface area contributed by atoms with Crippen LogP contribution in [0.2, 0.25) is 5.02 Å². The van der Waals surface area contributed by atoms with Crippen molar-refractivity contribution in [1.82, 2.24) is 4.90 Å². The molecule has 0 spiro atoms. The van der Waals surface area contributed by atoms with Gasteiger partial charge in [-0.05, 0) is 54.8 Å². The van der Waals surface area contributed by atoms with Crippen molar-refractivity contribution in [2.24, 2.45) is 0 Å². The molecule has 1 N–H and O–H groups in total. The highest BCUT2D eigenvalue weighted by atomic mass is 35.5. The summed E-state index contributed by atoms with van der Waals surface area (Å²) in [7, 11) is 1.53. The zero-order valence-corrected chi connectivity index (χ0v) is 18.1. The number of nitrogens with one attached hydrogen (secondary N) is 1. The van der Waals surface area contributed by atoms with Gasteiger partial charge in [-0.15, -0.1) is 0 Å². The van der Waals surface area contributed by atoms with Crippen LogP contribution in [-0.2, 0) is 14.3 Å². The zero-order valence-electron chi connectivity index (χ0n) is 17.3. The van der Waals surface area contributed by atoms with Crippen LogP contribution in [0.4, 0.5) is 5.69 Å². The summed E-state index contributed by atoms with van der Waals surface area (Å²) in [5, 5.41) is 3.76. The van der Waals surface area contributed by atoms with Crippen LogP contribution in [0.5, 0.6) is 5.75 Å². The highest BCUT2D eigenvalue weighted by Crippen LogP contribution is 2.32. The normalized spacial score (nSPS) is 13.9. The van der Waals surface area contributed by atoms with E-state index in [-0.39, 0.29) is 30.7 Å². The Morgan fingerprint density at radius 1 is 1.03 bits per heavy atom. The van der Waals surface area contributed by atoms with E-state index in [1.165, 1.54) is 12.0 Å². The van der Waals surface area contributed by atoms with Crippen molar-refractivity contribution in [2.45, 2.75) is 20.3 Å². The first-order chi connectivity index (χ1) is 14.5. The molecule has 7 heteroatoms. The zero-order chi connectivity index (χ0) is 21.7. The minimum Gasteiger partial charge on any atom is -0.494 e. The Morgan fingerprint density at radius 2 is 1.77 bits per heavy atom. The number of hydrogen-bond donors (Lipinski definition) is 1. The van der Waals surface area contributed by atoms with Crippen LogP contribution in [-0.4, -0.2) is 43.6 Å². The molecule has 30 heavy (non-hydrogen) atoms. The lowest BCUT2D eigenvalue weighted by atomic mass is 10.0. The van der Waals surface area contributed by atoms with Gasteiger partial charge in [0, 0.05) is 17.8 Å². The van der Waals surface area contributed by atoms with Gasteiger partial charge in [0.25, 0.3) is 11.8 Å². The van der Waals surface area contributed by atoms with Gasteiger partial charge in [-0.2, -0.15) is 0 Å². The van der Waals surface area contributed by atoms with Crippen molar-refractivity contribution in [3.8, 4) is 5.75 Å². The number of ether oxygens (including phenoxy) is 2. The maximum Gasteiger partial charge on any atom is 0.278 e. The highest BCUT2D eigenvalue weighted by molar-refractivity contribution is 6.36. The van der Waals surface area contributed by atoms with E-state index < -0.39 is 0 Å². The fourth-order valence-electron chi connectivity index (χ4n) is 3.19. The molecule has 0 saturated carbocycles. The number of nitrogens with zero attached hydrogens (tertiary/aromatic N) is 1. The van der Waals surface area contributed by atoms with Gasteiger partial charge >= 0.3 is 0 Å². The maximum absolute atomic E-state index is 13.1. The summed E-state index contributed by atoms with van der Waals surface area (Å²) < 4.78 is 10.7. The molecule has 0 bridgehead atoms. The molecular weight excluding hydrogens is 404 g/mol. The number of amides is 2. The second-order valence-electron chi connectivity index (χ2n) is 6.96. The summed E-state index contributed by atoms with van der Waals surface area (Å²) in [6.07, 6.45) is 0.906. The van der Waals surface area contributed by atoms with E-state index in [2.05, 4.69) is 5.32 Å². The number of benzene rings is 2. The van der Waals surface area contributed by atoms with Crippen LogP contribution in [0.1, 0.15) is 24.5 Å². The van der Waals surface area contributed by atoms with Crippen LogP contribution in [0.25, 0.3) is 5.57 Å². The summed E-state index contributed by atoms with van der Waals surface area (Å²) >= 11 is 6.05. The number of hydrogen-bond acceptors (Lipinski definition) is 5. The third-order valence-electron chi connectivity index (χ3n) is 4.75. The van der Waals surface area contributed by atoms with Crippen LogP contribution in [0, 0.1) is 6.92 Å². The van der Waals surface area contributed by atoms with Gasteiger partial charge < -0.3 is 14.8 Å². The standard InChI is InChI=1S/C23H25ClN2O4/c1-4-12-30-18-8-5-16(6-9-18)20-21(23(28)26(22(20)27)11-13-29-3)25-19-10-7-17(24)14-15(19)2/h5-10,14,25H,4,11-13H2,1-3H3. The first-order valence-corrected chi connectivity index (χ1v) is 10.2. The van der Waals surface area contributed by atoms with Gasteiger partial charge in [-0.3, -0.25) is 14.5 Å². The first kappa shape index (κ1) is 21.9. The molecule has 158 valence electrons. The molecule has 0 atom stereocenters. The molecule has 0 fully saturated rings. The summed E-state index contributed by atoms with van der Waals surface area (Å²) in [6.45, 7) is 4.99. The molecule has 6 nitrogen and oxygen atoms in total. The van der Waals surface area contributed by atoms with Gasteiger partial charge in [-0.25, -0.2) is 0 Å². The van der Waals surface area contributed by atoms with Gasteiger partial charge in [0.15, 0.2) is 0 Å². The molecule has 0 aromatic heterocycles. The van der Waals surface area contributed by atoms with E-state index in [1.807, 2.05) is 13.8 Å². The predicted octanol–water partition coefficient (Wildman–Crippen LogP) is 4.28. The largest absolute Gasteiger partial charge is 0.494 e. The molecule has 1 aliphatic heterocycles. The summed E-state index contributed by atoms with van der Waals surface area (Å²) in [5.41, 5.74) is 2.79. The molecule has 3 rings (SSSR count). The number of methoxy groups -OCH3 is 1. The van der Waals surface area contributed by atoms with Crippen LogP contribution < -0.4 is 10.1 Å². The third-order valence-corrected chi connectivity index (χ3v) is 4.99. The molecule has 1 heterocycles. The number of anilines is 1. The fraction of sp³-hybridized carbons (Fsp3) is 0.304. The van der Waals surface area contributed by atoms with Gasteiger partial charge in [0.05, 0.1) is 25.3 Å². The Balaban J connectivity index is 1.99. The van der Waals surface area contributed by atoms with Crippen molar-refractivity contribution in [1.29, 1.82) is 0 Å². The lowest BCUT2D eigenvalue weighted by Crippen LogP contribution is -2.35. The quantitative estimate of drug-likeness (QED) is 0.604. The third kappa shape index (κ3) is 4.66. The first-order valence-electron chi connectivity index (χ1n) is 9.82. The Hall–Kier alpha value is -2.83. The Morgan fingerprint density at radius 3 is 2.40 bits per heavy atom. The summed E-state index contributed by atoms with van der Waals surface area (Å²) in [4.78, 5) is 27.4.